The molecule has 5 heteroatoms. The maximum atomic E-state index is 6.20. The zero-order valence-electron chi connectivity index (χ0n) is 12.2. The van der Waals surface area contributed by atoms with Crippen LogP contribution in [0.3, 0.4) is 0 Å². The summed E-state index contributed by atoms with van der Waals surface area (Å²) in [4.78, 5) is 4.45. The van der Waals surface area contributed by atoms with Crippen molar-refractivity contribution in [2.24, 2.45) is 0 Å². The van der Waals surface area contributed by atoms with Crippen LogP contribution in [0.1, 0.15) is 17.2 Å². The molecule has 0 fully saturated rings. The molecule has 112 valence electrons. The van der Waals surface area contributed by atoms with Gasteiger partial charge in [0.15, 0.2) is 0 Å². The summed E-state index contributed by atoms with van der Waals surface area (Å²) < 4.78 is 1.98. The zero-order valence-corrected chi connectivity index (χ0v) is 12.9. The Kier molecular flexibility index (Phi) is 3.52. The summed E-state index contributed by atoms with van der Waals surface area (Å²) in [7, 11) is 0. The number of fused-ring (bicyclic) bond motifs is 1. The van der Waals surface area contributed by atoms with Crippen LogP contribution < -0.4 is 0 Å². The Balaban J connectivity index is 1.98. The van der Waals surface area contributed by atoms with Crippen molar-refractivity contribution in [3.8, 4) is 0 Å². The molecule has 0 aliphatic heterocycles. The van der Waals surface area contributed by atoms with Crippen molar-refractivity contribution in [2.75, 3.05) is 0 Å². The monoisotopic (exact) mass is 320 g/mol. The lowest BCUT2D eigenvalue weighted by Gasteiger charge is -2.20. The summed E-state index contributed by atoms with van der Waals surface area (Å²) in [6.07, 6.45) is 5.28. The average molecular weight is 321 g/mol. The lowest BCUT2D eigenvalue weighted by Crippen LogP contribution is -2.11. The molecule has 0 radical (unpaired) electrons. The third-order valence-corrected chi connectivity index (χ3v) is 4.11. The Morgan fingerprint density at radius 1 is 0.913 bits per heavy atom. The van der Waals surface area contributed by atoms with E-state index in [1.54, 1.807) is 12.7 Å². The molecule has 4 aromatic rings. The molecular formula is C18H13ClN4. The molecule has 4 nitrogen and oxygen atoms in total. The summed E-state index contributed by atoms with van der Waals surface area (Å²) in [5.41, 5.74) is 3.18. The highest BCUT2D eigenvalue weighted by Crippen LogP contribution is 2.32. The van der Waals surface area contributed by atoms with E-state index in [-0.39, 0.29) is 6.04 Å². The fourth-order valence-corrected chi connectivity index (χ4v) is 3.09. The van der Waals surface area contributed by atoms with Crippen LogP contribution in [0.4, 0.5) is 0 Å². The van der Waals surface area contributed by atoms with Gasteiger partial charge in [0.25, 0.3) is 0 Å². The van der Waals surface area contributed by atoms with Crippen molar-refractivity contribution in [3.63, 3.8) is 0 Å². The van der Waals surface area contributed by atoms with Crippen molar-refractivity contribution >= 4 is 22.5 Å². The minimum absolute atomic E-state index is 0.0587. The summed E-state index contributed by atoms with van der Waals surface area (Å²) in [5.74, 6) is 0. The first-order valence-corrected chi connectivity index (χ1v) is 7.64. The number of para-hydroxylation sites is 1. The van der Waals surface area contributed by atoms with E-state index in [9.17, 15) is 0 Å². The number of hydrogen-bond acceptors (Lipinski definition) is 3. The van der Waals surface area contributed by atoms with Gasteiger partial charge in [-0.15, -0.1) is 10.2 Å². The van der Waals surface area contributed by atoms with Gasteiger partial charge in [-0.05, 0) is 35.4 Å². The van der Waals surface area contributed by atoms with E-state index in [0.717, 1.165) is 22.0 Å². The van der Waals surface area contributed by atoms with Gasteiger partial charge in [-0.25, -0.2) is 0 Å². The number of rotatable bonds is 3. The second-order valence-corrected chi connectivity index (χ2v) is 5.72. The van der Waals surface area contributed by atoms with Crippen molar-refractivity contribution in [1.29, 1.82) is 0 Å². The Morgan fingerprint density at radius 2 is 1.74 bits per heavy atom. The van der Waals surface area contributed by atoms with E-state index in [4.69, 9.17) is 11.6 Å². The largest absolute Gasteiger partial charge is 0.308 e. The lowest BCUT2D eigenvalue weighted by atomic mass is 9.95. The van der Waals surface area contributed by atoms with E-state index >= 15 is 0 Å². The van der Waals surface area contributed by atoms with E-state index in [2.05, 4.69) is 27.3 Å². The van der Waals surface area contributed by atoms with E-state index < -0.39 is 0 Å². The molecule has 0 saturated heterocycles. The van der Waals surface area contributed by atoms with Crippen molar-refractivity contribution in [1.82, 2.24) is 19.7 Å². The summed E-state index contributed by atoms with van der Waals surface area (Å²) in [6.45, 7) is 0. The maximum Gasteiger partial charge on any atom is 0.120 e. The normalized spacial score (nSPS) is 12.4. The molecule has 4 rings (SSSR count). The average Bonchev–Trinajstić information content (AvgIpc) is 3.10. The fourth-order valence-electron chi connectivity index (χ4n) is 2.89. The summed E-state index contributed by atoms with van der Waals surface area (Å²) in [5, 5.41) is 9.73. The van der Waals surface area contributed by atoms with Gasteiger partial charge >= 0.3 is 0 Å². The highest BCUT2D eigenvalue weighted by atomic mass is 35.5. The molecular weight excluding hydrogens is 308 g/mol. The van der Waals surface area contributed by atoms with Crippen LogP contribution >= 0.6 is 11.6 Å². The van der Waals surface area contributed by atoms with Crippen LogP contribution in [-0.2, 0) is 0 Å². The molecule has 0 aliphatic carbocycles. The molecule has 1 atom stereocenters. The maximum absolute atomic E-state index is 6.20. The Morgan fingerprint density at radius 3 is 2.57 bits per heavy atom. The van der Waals surface area contributed by atoms with E-state index in [1.165, 1.54) is 0 Å². The number of nitrogens with zero attached hydrogens (tertiary/aromatic N) is 4. The minimum atomic E-state index is -0.0587. The molecule has 0 amide bonds. The predicted molar refractivity (Wildman–Crippen MR) is 90.5 cm³/mol. The third-order valence-electron chi connectivity index (χ3n) is 3.88. The van der Waals surface area contributed by atoms with Crippen LogP contribution in [0.25, 0.3) is 10.9 Å². The van der Waals surface area contributed by atoms with Crippen molar-refractivity contribution in [2.45, 2.75) is 6.04 Å². The number of halogens is 1. The Hall–Kier alpha value is -2.72. The molecule has 1 unspecified atom stereocenters. The van der Waals surface area contributed by atoms with Crippen molar-refractivity contribution < 1.29 is 0 Å². The third kappa shape index (κ3) is 2.58. The number of hydrogen-bond donors (Lipinski definition) is 0. The molecule has 0 aliphatic rings. The van der Waals surface area contributed by atoms with Crippen molar-refractivity contribution in [3.05, 3.63) is 89.6 Å². The SMILES string of the molecule is Clc1cccc(C(c2ccnc3ccccc23)n2cnnc2)c1. The summed E-state index contributed by atoms with van der Waals surface area (Å²) >= 11 is 6.20. The smallest absolute Gasteiger partial charge is 0.120 e. The van der Waals surface area contributed by atoms with Gasteiger partial charge in [0.05, 0.1) is 11.6 Å². The lowest BCUT2D eigenvalue weighted by molar-refractivity contribution is 0.678. The van der Waals surface area contributed by atoms with E-state index in [1.807, 2.05) is 53.2 Å². The van der Waals surface area contributed by atoms with Gasteiger partial charge in [0.1, 0.15) is 12.7 Å². The molecule has 23 heavy (non-hydrogen) atoms. The van der Waals surface area contributed by atoms with Gasteiger partial charge in [-0.3, -0.25) is 4.98 Å². The van der Waals surface area contributed by atoms with Gasteiger partial charge in [0.2, 0.25) is 0 Å². The van der Waals surface area contributed by atoms with Crippen LogP contribution in [0.15, 0.2) is 73.4 Å². The topological polar surface area (TPSA) is 43.6 Å². The first-order chi connectivity index (χ1) is 11.3. The van der Waals surface area contributed by atoms with Gasteiger partial charge in [-0.2, -0.15) is 0 Å². The van der Waals surface area contributed by atoms with Crippen LogP contribution in [0.5, 0.6) is 0 Å². The van der Waals surface area contributed by atoms with Gasteiger partial charge in [0, 0.05) is 16.6 Å². The standard InChI is InChI=1S/C18H13ClN4/c19-14-5-3-4-13(10-14)18(23-11-21-22-12-23)16-8-9-20-17-7-2-1-6-15(16)17/h1-12,18H. The second kappa shape index (κ2) is 5.82. The van der Waals surface area contributed by atoms with Crippen LogP contribution in [0.2, 0.25) is 5.02 Å². The first kappa shape index (κ1) is 13.9. The molecule has 0 saturated carbocycles. The molecule has 0 N–H and O–H groups in total. The van der Waals surface area contributed by atoms with Gasteiger partial charge < -0.3 is 4.57 Å². The molecule has 2 heterocycles. The Labute approximate surface area is 138 Å². The molecule has 2 aromatic heterocycles. The predicted octanol–water partition coefficient (Wildman–Crippen LogP) is 4.12. The molecule has 0 spiro atoms. The van der Waals surface area contributed by atoms with E-state index in [0.29, 0.717) is 5.02 Å². The summed E-state index contributed by atoms with van der Waals surface area (Å²) in [6, 6.07) is 18.0. The quantitative estimate of drug-likeness (QED) is 0.570. The second-order valence-electron chi connectivity index (χ2n) is 5.28. The fraction of sp³-hybridized carbons (Fsp3) is 0.0556. The van der Waals surface area contributed by atoms with Crippen LogP contribution in [-0.4, -0.2) is 19.7 Å². The highest BCUT2D eigenvalue weighted by Gasteiger charge is 2.19. The number of pyridine rings is 1. The minimum Gasteiger partial charge on any atom is -0.308 e. The molecule has 0 bridgehead atoms. The zero-order chi connectivity index (χ0) is 15.6. The first-order valence-electron chi connectivity index (χ1n) is 7.26. The Bertz CT molecular complexity index is 945. The number of benzene rings is 2. The van der Waals surface area contributed by atoms with Gasteiger partial charge in [-0.1, -0.05) is 41.9 Å². The number of aromatic nitrogens is 4. The van der Waals surface area contributed by atoms with Crippen LogP contribution in [0, 0.1) is 0 Å². The highest BCUT2D eigenvalue weighted by molar-refractivity contribution is 6.30. The molecule has 2 aromatic carbocycles.